The molecule has 8 heteroatoms. The van der Waals surface area contributed by atoms with Crippen molar-refractivity contribution in [3.8, 4) is 10.4 Å². The molecule has 0 amide bonds. The van der Waals surface area contributed by atoms with E-state index in [9.17, 15) is 18.3 Å². The zero-order valence-corrected chi connectivity index (χ0v) is 17.2. The zero-order chi connectivity index (χ0) is 19.8. The van der Waals surface area contributed by atoms with Gasteiger partial charge in [-0.25, -0.2) is 13.2 Å². The van der Waals surface area contributed by atoms with E-state index in [2.05, 4.69) is 0 Å². The Morgan fingerprint density at radius 1 is 1.07 bits per heavy atom. The number of benzene rings is 2. The number of aryl methyl sites for hydroxylation is 1. The quantitative estimate of drug-likeness (QED) is 0.551. The average molecular weight is 441 g/mol. The Labute approximate surface area is 170 Å². The molecular weight excluding hydrogens is 427 g/mol. The molecule has 140 valence electrons. The first-order valence-electron chi connectivity index (χ1n) is 7.79. The molecule has 2 aromatic carbocycles. The summed E-state index contributed by atoms with van der Waals surface area (Å²) in [7, 11) is -3.69. The summed E-state index contributed by atoms with van der Waals surface area (Å²) >= 11 is 13.0. The lowest BCUT2D eigenvalue weighted by Gasteiger charge is -2.07. The largest absolute Gasteiger partial charge is 0.477 e. The van der Waals surface area contributed by atoms with E-state index in [4.69, 9.17) is 23.2 Å². The molecule has 0 fully saturated rings. The van der Waals surface area contributed by atoms with Gasteiger partial charge in [-0.1, -0.05) is 47.5 Å². The highest BCUT2D eigenvalue weighted by Crippen LogP contribution is 2.36. The van der Waals surface area contributed by atoms with E-state index in [1.165, 1.54) is 6.07 Å². The molecule has 0 spiro atoms. The number of rotatable bonds is 5. The number of sulfone groups is 1. The van der Waals surface area contributed by atoms with Gasteiger partial charge >= 0.3 is 5.97 Å². The van der Waals surface area contributed by atoms with E-state index < -0.39 is 21.6 Å². The molecule has 0 radical (unpaired) electrons. The van der Waals surface area contributed by atoms with E-state index in [-0.39, 0.29) is 15.3 Å². The van der Waals surface area contributed by atoms with Crippen molar-refractivity contribution in [2.24, 2.45) is 0 Å². The molecule has 3 aromatic rings. The fourth-order valence-electron chi connectivity index (χ4n) is 2.70. The summed E-state index contributed by atoms with van der Waals surface area (Å²) in [5, 5.41) is 10.2. The van der Waals surface area contributed by atoms with Gasteiger partial charge in [0.25, 0.3) is 0 Å². The van der Waals surface area contributed by atoms with Gasteiger partial charge in [-0.05, 0) is 47.9 Å². The van der Waals surface area contributed by atoms with Gasteiger partial charge in [-0.15, -0.1) is 11.3 Å². The van der Waals surface area contributed by atoms with E-state index in [0.717, 1.165) is 11.3 Å². The Hall–Kier alpha value is -1.86. The third-order valence-corrected chi connectivity index (χ3v) is 7.75. The summed E-state index contributed by atoms with van der Waals surface area (Å²) in [6, 6.07) is 13.2. The van der Waals surface area contributed by atoms with Crippen LogP contribution < -0.4 is 0 Å². The number of hydrogen-bond donors (Lipinski definition) is 1. The SMILES string of the molecule is Cc1ccccc1S(=O)(=O)Cc1cc(-c2ccc(Cl)c(Cl)c2)sc1C(=O)O. The molecule has 1 heterocycles. The molecule has 0 unspecified atom stereocenters. The van der Waals surface area contributed by atoms with Crippen LogP contribution in [0.3, 0.4) is 0 Å². The Morgan fingerprint density at radius 3 is 2.41 bits per heavy atom. The maximum Gasteiger partial charge on any atom is 0.346 e. The third kappa shape index (κ3) is 4.19. The second-order valence-corrected chi connectivity index (χ2v) is 9.75. The van der Waals surface area contributed by atoms with Crippen LogP contribution in [0.2, 0.25) is 10.0 Å². The van der Waals surface area contributed by atoms with Crippen LogP contribution in [0.5, 0.6) is 0 Å². The molecule has 0 atom stereocenters. The number of halogens is 2. The van der Waals surface area contributed by atoms with Gasteiger partial charge < -0.3 is 5.11 Å². The van der Waals surface area contributed by atoms with Crippen molar-refractivity contribution >= 4 is 50.3 Å². The smallest absolute Gasteiger partial charge is 0.346 e. The number of aromatic carboxylic acids is 1. The van der Waals surface area contributed by atoms with Crippen LogP contribution in [0.1, 0.15) is 20.8 Å². The van der Waals surface area contributed by atoms with Crippen LogP contribution in [0.4, 0.5) is 0 Å². The predicted octanol–water partition coefficient (Wildman–Crippen LogP) is 5.70. The molecular formula is C19H14Cl2O4S2. The minimum absolute atomic E-state index is 0.00627. The van der Waals surface area contributed by atoms with E-state index in [0.29, 0.717) is 26.0 Å². The highest BCUT2D eigenvalue weighted by atomic mass is 35.5. The molecule has 1 N–H and O–H groups in total. The van der Waals surface area contributed by atoms with Crippen molar-refractivity contribution in [1.82, 2.24) is 0 Å². The molecule has 1 aromatic heterocycles. The monoisotopic (exact) mass is 440 g/mol. The van der Waals surface area contributed by atoms with Gasteiger partial charge in [-0.3, -0.25) is 0 Å². The topological polar surface area (TPSA) is 71.4 Å². The second-order valence-electron chi connectivity index (χ2n) is 5.92. The Bertz CT molecular complexity index is 1130. The van der Waals surface area contributed by atoms with Crippen LogP contribution in [0, 0.1) is 6.92 Å². The summed E-state index contributed by atoms with van der Waals surface area (Å²) in [5.74, 6) is -1.56. The highest BCUT2D eigenvalue weighted by Gasteiger charge is 2.24. The van der Waals surface area contributed by atoms with Gasteiger partial charge in [0.05, 0.1) is 20.7 Å². The Morgan fingerprint density at radius 2 is 1.78 bits per heavy atom. The van der Waals surface area contributed by atoms with Crippen molar-refractivity contribution < 1.29 is 18.3 Å². The van der Waals surface area contributed by atoms with Crippen LogP contribution in [0.15, 0.2) is 53.4 Å². The van der Waals surface area contributed by atoms with Gasteiger partial charge in [0.2, 0.25) is 0 Å². The third-order valence-electron chi connectivity index (χ3n) is 3.98. The van der Waals surface area contributed by atoms with Crippen molar-refractivity contribution in [3.63, 3.8) is 0 Å². The predicted molar refractivity (Wildman–Crippen MR) is 109 cm³/mol. The summed E-state index contributed by atoms with van der Waals surface area (Å²) in [5.41, 5.74) is 1.54. The van der Waals surface area contributed by atoms with Crippen LogP contribution in [-0.2, 0) is 15.6 Å². The molecule has 0 aliphatic carbocycles. The molecule has 0 aliphatic rings. The van der Waals surface area contributed by atoms with E-state index in [1.54, 1.807) is 49.4 Å². The first-order valence-corrected chi connectivity index (χ1v) is 11.0. The number of hydrogen-bond acceptors (Lipinski definition) is 4. The Kier molecular flexibility index (Phi) is 5.63. The maximum atomic E-state index is 12.8. The normalized spacial score (nSPS) is 11.5. The molecule has 4 nitrogen and oxygen atoms in total. The summed E-state index contributed by atoms with van der Waals surface area (Å²) in [6.45, 7) is 1.71. The number of carboxylic acids is 1. The zero-order valence-electron chi connectivity index (χ0n) is 14.1. The lowest BCUT2D eigenvalue weighted by molar-refractivity contribution is 0.0701. The molecule has 0 saturated carbocycles. The van der Waals surface area contributed by atoms with Gasteiger partial charge in [0, 0.05) is 4.88 Å². The summed E-state index contributed by atoms with van der Waals surface area (Å²) in [4.78, 5) is 12.4. The van der Waals surface area contributed by atoms with Crippen molar-refractivity contribution in [2.75, 3.05) is 0 Å². The number of carboxylic acid groups (broad SMARTS) is 1. The van der Waals surface area contributed by atoms with Gasteiger partial charge in [-0.2, -0.15) is 0 Å². The van der Waals surface area contributed by atoms with E-state index in [1.807, 2.05) is 0 Å². The molecule has 3 rings (SSSR count). The van der Waals surface area contributed by atoms with Gasteiger partial charge in [0.1, 0.15) is 4.88 Å². The average Bonchev–Trinajstić information content (AvgIpc) is 3.01. The van der Waals surface area contributed by atoms with Crippen molar-refractivity contribution in [2.45, 2.75) is 17.6 Å². The van der Waals surface area contributed by atoms with Crippen LogP contribution in [-0.4, -0.2) is 19.5 Å². The summed E-state index contributed by atoms with van der Waals surface area (Å²) in [6.07, 6.45) is 0. The molecule has 0 aliphatic heterocycles. The maximum absolute atomic E-state index is 12.8. The Balaban J connectivity index is 2.05. The van der Waals surface area contributed by atoms with Crippen molar-refractivity contribution in [1.29, 1.82) is 0 Å². The highest BCUT2D eigenvalue weighted by molar-refractivity contribution is 7.90. The lowest BCUT2D eigenvalue weighted by atomic mass is 10.1. The van der Waals surface area contributed by atoms with E-state index >= 15 is 0 Å². The van der Waals surface area contributed by atoms with Crippen LogP contribution >= 0.6 is 34.5 Å². The number of carbonyl (C=O) groups is 1. The minimum Gasteiger partial charge on any atom is -0.477 e. The van der Waals surface area contributed by atoms with Crippen molar-refractivity contribution in [3.05, 3.63) is 74.6 Å². The summed E-state index contributed by atoms with van der Waals surface area (Å²) < 4.78 is 25.6. The lowest BCUT2D eigenvalue weighted by Crippen LogP contribution is -2.08. The first kappa shape index (κ1) is 19.9. The van der Waals surface area contributed by atoms with Gasteiger partial charge in [0.15, 0.2) is 9.84 Å². The van der Waals surface area contributed by atoms with Crippen LogP contribution in [0.25, 0.3) is 10.4 Å². The second kappa shape index (κ2) is 7.64. The molecule has 27 heavy (non-hydrogen) atoms. The minimum atomic E-state index is -3.69. The molecule has 0 saturated heterocycles. The standard InChI is InChI=1S/C19H14Cl2O4S2/c1-11-4-2-3-5-17(11)27(24,25)10-13-9-16(26-18(13)19(22)23)12-6-7-14(20)15(21)8-12/h2-9H,10H2,1H3,(H,22,23). The number of thiophene rings is 1. The fraction of sp³-hybridized carbons (Fsp3) is 0.105. The molecule has 0 bridgehead atoms. The fourth-order valence-corrected chi connectivity index (χ4v) is 5.74. The first-order chi connectivity index (χ1) is 12.7.